The van der Waals surface area contributed by atoms with E-state index in [4.69, 9.17) is 0 Å². The van der Waals surface area contributed by atoms with Gasteiger partial charge in [-0.05, 0) is 36.2 Å². The van der Waals surface area contributed by atoms with E-state index in [1.807, 2.05) is 30.3 Å². The highest BCUT2D eigenvalue weighted by molar-refractivity contribution is 6.00. The van der Waals surface area contributed by atoms with Gasteiger partial charge in [0.1, 0.15) is 0 Å². The Hall–Kier alpha value is -3.15. The molecule has 2 aromatic carbocycles. The van der Waals surface area contributed by atoms with Crippen molar-refractivity contribution in [1.29, 1.82) is 0 Å². The van der Waals surface area contributed by atoms with Crippen molar-refractivity contribution in [3.63, 3.8) is 0 Å². The molecule has 0 radical (unpaired) electrons. The molecular weight excluding hydrogens is 354 g/mol. The fourth-order valence-corrected chi connectivity index (χ4v) is 3.24. The van der Waals surface area contributed by atoms with Crippen LogP contribution in [0.3, 0.4) is 0 Å². The van der Waals surface area contributed by atoms with Crippen LogP contribution in [0.1, 0.15) is 29.3 Å². The molecule has 2 aromatic rings. The number of carbonyl (C=O) groups is 3. The maximum absolute atomic E-state index is 12.4. The molecule has 0 saturated carbocycles. The van der Waals surface area contributed by atoms with Gasteiger partial charge in [0.25, 0.3) is 5.91 Å². The van der Waals surface area contributed by atoms with Gasteiger partial charge in [0.05, 0.1) is 5.92 Å². The van der Waals surface area contributed by atoms with E-state index in [-0.39, 0.29) is 30.1 Å². The van der Waals surface area contributed by atoms with Crippen LogP contribution < -0.4 is 15.5 Å². The normalized spacial score (nSPS) is 16.1. The monoisotopic (exact) mass is 379 g/mol. The quantitative estimate of drug-likeness (QED) is 0.724. The first-order chi connectivity index (χ1) is 13.6. The number of hydrogen-bond acceptors (Lipinski definition) is 3. The van der Waals surface area contributed by atoms with Crippen molar-refractivity contribution in [3.8, 4) is 0 Å². The van der Waals surface area contributed by atoms with Gasteiger partial charge >= 0.3 is 0 Å². The molecule has 0 aromatic heterocycles. The van der Waals surface area contributed by atoms with Crippen LogP contribution in [0.25, 0.3) is 0 Å². The fraction of sp³-hybridized carbons (Fsp3) is 0.318. The van der Waals surface area contributed by atoms with E-state index in [1.54, 1.807) is 29.2 Å². The fourth-order valence-electron chi connectivity index (χ4n) is 3.24. The highest BCUT2D eigenvalue weighted by Crippen LogP contribution is 2.25. The Morgan fingerprint density at radius 3 is 2.36 bits per heavy atom. The van der Waals surface area contributed by atoms with Crippen molar-refractivity contribution < 1.29 is 14.4 Å². The number of nitrogens with one attached hydrogen (secondary N) is 2. The lowest BCUT2D eigenvalue weighted by Crippen LogP contribution is -2.38. The Balaban J connectivity index is 1.44. The number of aryl methyl sites for hydroxylation is 1. The highest BCUT2D eigenvalue weighted by Gasteiger charge is 2.34. The van der Waals surface area contributed by atoms with Crippen LogP contribution in [0.15, 0.2) is 54.6 Å². The van der Waals surface area contributed by atoms with Crippen LogP contribution in [0.4, 0.5) is 5.69 Å². The van der Waals surface area contributed by atoms with Gasteiger partial charge in [-0.15, -0.1) is 0 Å². The van der Waals surface area contributed by atoms with Crippen molar-refractivity contribution >= 4 is 23.4 Å². The molecule has 28 heavy (non-hydrogen) atoms. The SMILES string of the molecule is CCc1ccc(N2CC(C(=O)NCCNC(=O)c3ccccc3)CC2=O)cc1. The highest BCUT2D eigenvalue weighted by atomic mass is 16.2. The molecule has 0 spiro atoms. The molecule has 6 nitrogen and oxygen atoms in total. The minimum absolute atomic E-state index is 0.0400. The van der Waals surface area contributed by atoms with Crippen molar-refractivity contribution in [2.24, 2.45) is 5.92 Å². The number of carbonyl (C=O) groups excluding carboxylic acids is 3. The number of hydrogen-bond donors (Lipinski definition) is 2. The Kier molecular flexibility index (Phi) is 6.42. The Morgan fingerprint density at radius 2 is 1.68 bits per heavy atom. The van der Waals surface area contributed by atoms with Crippen molar-refractivity contribution in [1.82, 2.24) is 10.6 Å². The zero-order chi connectivity index (χ0) is 19.9. The number of anilines is 1. The lowest BCUT2D eigenvalue weighted by molar-refractivity contribution is -0.126. The third kappa shape index (κ3) is 4.76. The maximum atomic E-state index is 12.4. The van der Waals surface area contributed by atoms with Gasteiger partial charge < -0.3 is 15.5 Å². The van der Waals surface area contributed by atoms with Gasteiger partial charge in [0.15, 0.2) is 0 Å². The van der Waals surface area contributed by atoms with Gasteiger partial charge in [-0.1, -0.05) is 37.3 Å². The molecule has 3 amide bonds. The first-order valence-corrected chi connectivity index (χ1v) is 9.58. The molecule has 1 heterocycles. The van der Waals surface area contributed by atoms with E-state index in [1.165, 1.54) is 5.56 Å². The lowest BCUT2D eigenvalue weighted by Gasteiger charge is -2.17. The predicted octanol–water partition coefficient (Wildman–Crippen LogP) is 2.15. The minimum atomic E-state index is -0.372. The van der Waals surface area contributed by atoms with Crippen LogP contribution in [0, 0.1) is 5.92 Å². The maximum Gasteiger partial charge on any atom is 0.251 e. The summed E-state index contributed by atoms with van der Waals surface area (Å²) in [6, 6.07) is 16.8. The zero-order valence-electron chi connectivity index (χ0n) is 16.0. The van der Waals surface area contributed by atoms with Crippen LogP contribution in [0.5, 0.6) is 0 Å². The van der Waals surface area contributed by atoms with E-state index in [9.17, 15) is 14.4 Å². The average Bonchev–Trinajstić information content (AvgIpc) is 3.13. The third-order valence-electron chi connectivity index (χ3n) is 4.90. The standard InChI is InChI=1S/C22H25N3O3/c1-2-16-8-10-19(11-9-16)25-15-18(14-20(25)26)22(28)24-13-12-23-21(27)17-6-4-3-5-7-17/h3-11,18H,2,12-15H2,1H3,(H,23,27)(H,24,28). The largest absolute Gasteiger partial charge is 0.354 e. The Morgan fingerprint density at radius 1 is 1.00 bits per heavy atom. The molecule has 1 aliphatic heterocycles. The molecule has 1 fully saturated rings. The summed E-state index contributed by atoms with van der Waals surface area (Å²) in [7, 11) is 0. The average molecular weight is 379 g/mol. The first kappa shape index (κ1) is 19.6. The van der Waals surface area contributed by atoms with E-state index in [0.717, 1.165) is 12.1 Å². The molecule has 1 unspecified atom stereocenters. The van der Waals surface area contributed by atoms with E-state index >= 15 is 0 Å². The van der Waals surface area contributed by atoms with Gasteiger partial charge in [-0.3, -0.25) is 14.4 Å². The minimum Gasteiger partial charge on any atom is -0.354 e. The lowest BCUT2D eigenvalue weighted by atomic mass is 10.1. The molecule has 3 rings (SSSR count). The molecule has 0 bridgehead atoms. The van der Waals surface area contributed by atoms with Crippen molar-refractivity contribution in [2.45, 2.75) is 19.8 Å². The number of amides is 3. The summed E-state index contributed by atoms with van der Waals surface area (Å²) < 4.78 is 0. The van der Waals surface area contributed by atoms with Gasteiger partial charge in [-0.2, -0.15) is 0 Å². The topological polar surface area (TPSA) is 78.5 Å². The number of benzene rings is 2. The van der Waals surface area contributed by atoms with E-state index in [0.29, 0.717) is 25.2 Å². The summed E-state index contributed by atoms with van der Waals surface area (Å²) in [5.74, 6) is -0.743. The smallest absolute Gasteiger partial charge is 0.251 e. The van der Waals surface area contributed by atoms with Gasteiger partial charge in [0.2, 0.25) is 11.8 Å². The van der Waals surface area contributed by atoms with E-state index in [2.05, 4.69) is 17.6 Å². The first-order valence-electron chi connectivity index (χ1n) is 9.58. The summed E-state index contributed by atoms with van der Waals surface area (Å²) >= 11 is 0. The van der Waals surface area contributed by atoms with Gasteiger partial charge in [-0.25, -0.2) is 0 Å². The van der Waals surface area contributed by atoms with Crippen LogP contribution in [-0.4, -0.2) is 37.4 Å². The zero-order valence-corrected chi connectivity index (χ0v) is 16.0. The summed E-state index contributed by atoms with van der Waals surface area (Å²) in [4.78, 5) is 38.3. The third-order valence-corrected chi connectivity index (χ3v) is 4.90. The van der Waals surface area contributed by atoms with Crippen LogP contribution in [-0.2, 0) is 16.0 Å². The molecule has 1 saturated heterocycles. The predicted molar refractivity (Wildman–Crippen MR) is 108 cm³/mol. The second kappa shape index (κ2) is 9.17. The molecule has 0 aliphatic carbocycles. The van der Waals surface area contributed by atoms with Crippen LogP contribution in [0.2, 0.25) is 0 Å². The molecule has 2 N–H and O–H groups in total. The van der Waals surface area contributed by atoms with Crippen molar-refractivity contribution in [3.05, 3.63) is 65.7 Å². The molecule has 146 valence electrons. The summed E-state index contributed by atoms with van der Waals surface area (Å²) in [6.07, 6.45) is 1.15. The number of rotatable bonds is 7. The number of nitrogens with zero attached hydrogens (tertiary/aromatic N) is 1. The molecule has 1 aliphatic rings. The summed E-state index contributed by atoms with van der Waals surface area (Å²) in [5, 5.41) is 5.58. The summed E-state index contributed by atoms with van der Waals surface area (Å²) in [5.41, 5.74) is 2.62. The van der Waals surface area contributed by atoms with E-state index < -0.39 is 0 Å². The van der Waals surface area contributed by atoms with Crippen molar-refractivity contribution in [2.75, 3.05) is 24.5 Å². The summed E-state index contributed by atoms with van der Waals surface area (Å²) in [6.45, 7) is 3.13. The second-order valence-corrected chi connectivity index (χ2v) is 6.84. The molecule has 6 heteroatoms. The second-order valence-electron chi connectivity index (χ2n) is 6.84. The Bertz CT molecular complexity index is 834. The molecular formula is C22H25N3O3. The van der Waals surface area contributed by atoms with Crippen LogP contribution >= 0.6 is 0 Å². The molecule has 1 atom stereocenters. The van der Waals surface area contributed by atoms with Gasteiger partial charge in [0, 0.05) is 37.3 Å². The Labute approximate surface area is 164 Å².